The highest BCUT2D eigenvalue weighted by Gasteiger charge is 2.35. The summed E-state index contributed by atoms with van der Waals surface area (Å²) in [6, 6.07) is 21.5. The van der Waals surface area contributed by atoms with Crippen LogP contribution in [-0.2, 0) is 14.9 Å². The van der Waals surface area contributed by atoms with Crippen LogP contribution in [0.4, 0.5) is 11.4 Å². The summed E-state index contributed by atoms with van der Waals surface area (Å²) in [7, 11) is -4.16. The van der Waals surface area contributed by atoms with Crippen molar-refractivity contribution in [2.24, 2.45) is 4.99 Å². The fraction of sp³-hybridized carbons (Fsp3) is 0.0968. The Hall–Kier alpha value is -3.27. The van der Waals surface area contributed by atoms with Gasteiger partial charge in [-0.25, -0.2) is 4.99 Å². The Labute approximate surface area is 263 Å². The molecule has 11 heteroatoms. The van der Waals surface area contributed by atoms with Crippen LogP contribution < -0.4 is 9.08 Å². The van der Waals surface area contributed by atoms with E-state index in [1.165, 1.54) is 41.3 Å². The number of thioether (sulfide) groups is 1. The number of aryl methyl sites for hydroxylation is 3. The molecule has 0 spiro atoms. The smallest absolute Gasteiger partial charge is 0.339 e. The zero-order valence-electron chi connectivity index (χ0n) is 22.6. The molecule has 0 aliphatic carbocycles. The number of aliphatic imine (C=N–C) groups is 1. The van der Waals surface area contributed by atoms with Crippen molar-refractivity contribution in [2.75, 3.05) is 4.90 Å². The van der Waals surface area contributed by atoms with Crippen LogP contribution >= 0.6 is 46.6 Å². The normalized spacial score (nSPS) is 15.6. The fourth-order valence-electron chi connectivity index (χ4n) is 3.98. The minimum absolute atomic E-state index is 0.00146. The molecule has 1 saturated heterocycles. The molecule has 0 unspecified atom stereocenters. The lowest BCUT2D eigenvalue weighted by molar-refractivity contribution is -0.113. The summed E-state index contributed by atoms with van der Waals surface area (Å²) in [5.41, 5.74) is 4.04. The molecule has 1 aliphatic rings. The van der Waals surface area contributed by atoms with E-state index in [0.29, 0.717) is 37.2 Å². The molecule has 0 bridgehead atoms. The lowest BCUT2D eigenvalue weighted by Gasteiger charge is -2.16. The number of anilines is 1. The average Bonchev–Trinajstić information content (AvgIpc) is 3.23. The Morgan fingerprint density at radius 2 is 1.50 bits per heavy atom. The van der Waals surface area contributed by atoms with Crippen LogP contribution in [0.25, 0.3) is 6.08 Å². The molecule has 4 aromatic rings. The second kappa shape index (κ2) is 12.1. The van der Waals surface area contributed by atoms with E-state index < -0.39 is 10.1 Å². The van der Waals surface area contributed by atoms with Gasteiger partial charge < -0.3 is 4.18 Å². The first kappa shape index (κ1) is 30.2. The Bertz CT molecular complexity index is 1890. The first-order valence-electron chi connectivity index (χ1n) is 12.6. The van der Waals surface area contributed by atoms with Crippen LogP contribution in [0, 0.1) is 20.8 Å². The number of amidine groups is 1. The molecule has 0 radical (unpaired) electrons. The van der Waals surface area contributed by atoms with Crippen molar-refractivity contribution in [1.82, 2.24) is 0 Å². The zero-order valence-corrected chi connectivity index (χ0v) is 26.5. The predicted octanol–water partition coefficient (Wildman–Crippen LogP) is 9.15. The van der Waals surface area contributed by atoms with E-state index in [1.54, 1.807) is 36.4 Å². The second-order valence-electron chi connectivity index (χ2n) is 9.55. The van der Waals surface area contributed by atoms with Crippen LogP contribution in [0.15, 0.2) is 93.7 Å². The maximum Gasteiger partial charge on any atom is 0.339 e. The summed E-state index contributed by atoms with van der Waals surface area (Å²) in [4.78, 5) is 20.3. The first-order valence-corrected chi connectivity index (χ1v) is 15.9. The molecule has 0 aromatic heterocycles. The lowest BCUT2D eigenvalue weighted by atomic mass is 10.1. The third kappa shape index (κ3) is 6.53. The fourth-order valence-corrected chi connectivity index (χ4v) is 6.46. The highest BCUT2D eigenvalue weighted by atomic mass is 35.5. The Balaban J connectivity index is 1.58. The van der Waals surface area contributed by atoms with Gasteiger partial charge >= 0.3 is 10.1 Å². The summed E-state index contributed by atoms with van der Waals surface area (Å²) in [5.74, 6) is -0.370. The molecule has 0 atom stereocenters. The average molecular weight is 658 g/mol. The quantitative estimate of drug-likeness (QED) is 0.153. The summed E-state index contributed by atoms with van der Waals surface area (Å²) in [6.45, 7) is 5.61. The summed E-state index contributed by atoms with van der Waals surface area (Å²) < 4.78 is 31.6. The number of amides is 1. The van der Waals surface area contributed by atoms with Crippen LogP contribution in [0.5, 0.6) is 5.75 Å². The van der Waals surface area contributed by atoms with Crippen molar-refractivity contribution < 1.29 is 17.4 Å². The van der Waals surface area contributed by atoms with E-state index in [2.05, 4.69) is 0 Å². The monoisotopic (exact) mass is 656 g/mol. The van der Waals surface area contributed by atoms with Gasteiger partial charge in [0.05, 0.1) is 16.3 Å². The molecule has 6 nitrogen and oxygen atoms in total. The minimum atomic E-state index is -4.16. The van der Waals surface area contributed by atoms with E-state index in [4.69, 9.17) is 44.0 Å². The largest absolute Gasteiger partial charge is 0.378 e. The van der Waals surface area contributed by atoms with Gasteiger partial charge in [0, 0.05) is 20.6 Å². The molecular weight excluding hydrogens is 635 g/mol. The highest BCUT2D eigenvalue weighted by molar-refractivity contribution is 8.19. The van der Waals surface area contributed by atoms with Gasteiger partial charge in [-0.3, -0.25) is 9.69 Å². The van der Waals surface area contributed by atoms with E-state index >= 15 is 0 Å². The Morgan fingerprint density at radius 1 is 0.833 bits per heavy atom. The molecule has 0 N–H and O–H groups in total. The van der Waals surface area contributed by atoms with E-state index in [0.717, 1.165) is 28.5 Å². The van der Waals surface area contributed by atoms with Crippen LogP contribution in [0.1, 0.15) is 22.3 Å². The van der Waals surface area contributed by atoms with Crippen molar-refractivity contribution in [2.45, 2.75) is 25.7 Å². The van der Waals surface area contributed by atoms with Gasteiger partial charge in [-0.2, -0.15) is 8.42 Å². The van der Waals surface area contributed by atoms with Crippen LogP contribution in [0.3, 0.4) is 0 Å². The number of halogens is 3. The lowest BCUT2D eigenvalue weighted by Crippen LogP contribution is -2.28. The third-order valence-corrected chi connectivity index (χ3v) is 9.63. The number of carbonyl (C=O) groups excluding carboxylic acids is 1. The molecule has 1 amide bonds. The molecule has 1 fully saturated rings. The van der Waals surface area contributed by atoms with E-state index in [1.807, 2.05) is 32.9 Å². The Kier molecular flexibility index (Phi) is 8.73. The summed E-state index contributed by atoms with van der Waals surface area (Å²) in [6.07, 6.45) is 1.53. The molecule has 1 aliphatic heterocycles. The molecule has 4 aromatic carbocycles. The summed E-state index contributed by atoms with van der Waals surface area (Å²) >= 11 is 20.1. The van der Waals surface area contributed by atoms with Gasteiger partial charge in [0.1, 0.15) is 10.6 Å². The zero-order chi connectivity index (χ0) is 30.2. The van der Waals surface area contributed by atoms with E-state index in [-0.39, 0.29) is 21.5 Å². The number of hydrogen-bond donors (Lipinski definition) is 0. The topological polar surface area (TPSA) is 76.0 Å². The molecule has 214 valence electrons. The van der Waals surface area contributed by atoms with E-state index in [9.17, 15) is 13.2 Å². The number of carbonyl (C=O) groups is 1. The van der Waals surface area contributed by atoms with Gasteiger partial charge in [-0.15, -0.1) is 0 Å². The first-order chi connectivity index (χ1) is 19.9. The van der Waals surface area contributed by atoms with Crippen molar-refractivity contribution in [1.29, 1.82) is 0 Å². The number of nitrogens with zero attached hydrogens (tertiary/aromatic N) is 2. The van der Waals surface area contributed by atoms with Gasteiger partial charge in [-0.1, -0.05) is 64.6 Å². The highest BCUT2D eigenvalue weighted by Crippen LogP contribution is 2.40. The summed E-state index contributed by atoms with van der Waals surface area (Å²) in [5, 5.41) is 1.74. The molecule has 42 heavy (non-hydrogen) atoms. The maximum atomic E-state index is 13.9. The standard InChI is InChI=1S/C31H23Cl3N2O4S2/c1-18-4-11-25(12-5-18)42(38,39)40-28-13-8-22(32)14-21(28)15-29-30(37)36(24-10-7-20(3)27(34)17-24)31(41-29)35-23-9-6-19(2)26(33)16-23/h4-17H,1-3H3/b29-15+,35-31?. The number of hydrogen-bond acceptors (Lipinski definition) is 6. The van der Waals surface area contributed by atoms with Crippen molar-refractivity contribution in [3.63, 3.8) is 0 Å². The van der Waals surface area contributed by atoms with Crippen molar-refractivity contribution in [3.05, 3.63) is 121 Å². The van der Waals surface area contributed by atoms with Gasteiger partial charge in [0.2, 0.25) is 0 Å². The van der Waals surface area contributed by atoms with Gasteiger partial charge in [-0.05, 0) is 104 Å². The SMILES string of the molecule is Cc1ccc(S(=O)(=O)Oc2ccc(Cl)cc2/C=C2/SC(=Nc3ccc(C)c(Cl)c3)N(c3ccc(C)c(Cl)c3)C2=O)cc1. The number of rotatable bonds is 6. The second-order valence-corrected chi connectivity index (χ2v) is 13.4. The van der Waals surface area contributed by atoms with Crippen molar-refractivity contribution >= 4 is 85.2 Å². The molecule has 5 rings (SSSR count). The molecular formula is C31H23Cl3N2O4S2. The Morgan fingerprint density at radius 3 is 2.17 bits per heavy atom. The van der Waals surface area contributed by atoms with Crippen LogP contribution in [-0.4, -0.2) is 19.5 Å². The number of benzene rings is 4. The third-order valence-electron chi connectivity index (χ3n) is 6.37. The van der Waals surface area contributed by atoms with Gasteiger partial charge in [0.15, 0.2) is 5.17 Å². The molecule has 1 heterocycles. The predicted molar refractivity (Wildman–Crippen MR) is 173 cm³/mol. The maximum absolute atomic E-state index is 13.9. The molecule has 0 saturated carbocycles. The van der Waals surface area contributed by atoms with Crippen LogP contribution in [0.2, 0.25) is 15.1 Å². The minimum Gasteiger partial charge on any atom is -0.378 e. The van der Waals surface area contributed by atoms with Gasteiger partial charge in [0.25, 0.3) is 5.91 Å². The van der Waals surface area contributed by atoms with Crippen molar-refractivity contribution in [3.8, 4) is 5.75 Å².